The molecule has 7 nitrogen and oxygen atoms in total. The molecule has 0 heterocycles. The summed E-state index contributed by atoms with van der Waals surface area (Å²) in [6.07, 6.45) is -0.221. The first-order valence-corrected chi connectivity index (χ1v) is 7.58. The van der Waals surface area contributed by atoms with Crippen LogP contribution in [0.2, 0.25) is 0 Å². The lowest BCUT2D eigenvalue weighted by atomic mass is 9.65. The van der Waals surface area contributed by atoms with Crippen LogP contribution in [0.25, 0.3) is 0 Å². The van der Waals surface area contributed by atoms with Crippen LogP contribution in [0.4, 0.5) is 5.69 Å². The van der Waals surface area contributed by atoms with E-state index in [2.05, 4.69) is 4.72 Å². The van der Waals surface area contributed by atoms with Crippen molar-refractivity contribution in [3.05, 3.63) is 34.4 Å². The number of sulfonamides is 1. The minimum atomic E-state index is -3.84. The minimum Gasteiger partial charge on any atom is -0.392 e. The van der Waals surface area contributed by atoms with Crippen LogP contribution in [0.5, 0.6) is 0 Å². The molecule has 2 atom stereocenters. The van der Waals surface area contributed by atoms with Crippen molar-refractivity contribution in [2.24, 2.45) is 5.41 Å². The van der Waals surface area contributed by atoms with Crippen molar-refractivity contribution in [2.75, 3.05) is 0 Å². The van der Waals surface area contributed by atoms with Gasteiger partial charge in [0.25, 0.3) is 5.69 Å². The topological polar surface area (TPSA) is 110 Å². The molecule has 20 heavy (non-hydrogen) atoms. The molecule has 1 aromatic carbocycles. The van der Waals surface area contributed by atoms with E-state index in [1.165, 1.54) is 18.2 Å². The molecule has 2 rings (SSSR count). The number of rotatable bonds is 4. The number of hydrogen-bond acceptors (Lipinski definition) is 5. The molecule has 2 unspecified atom stereocenters. The molecule has 1 aliphatic rings. The first kappa shape index (κ1) is 14.9. The van der Waals surface area contributed by atoms with Gasteiger partial charge < -0.3 is 5.11 Å². The molecule has 0 aromatic heterocycles. The van der Waals surface area contributed by atoms with Gasteiger partial charge in [-0.25, -0.2) is 13.1 Å². The number of nitro benzene ring substituents is 1. The number of benzene rings is 1. The monoisotopic (exact) mass is 300 g/mol. The molecule has 1 fully saturated rings. The lowest BCUT2D eigenvalue weighted by molar-refractivity contribution is -0.385. The molecule has 0 radical (unpaired) electrons. The minimum absolute atomic E-state index is 0.149. The van der Waals surface area contributed by atoms with E-state index in [1.54, 1.807) is 13.8 Å². The lowest BCUT2D eigenvalue weighted by Crippen LogP contribution is -2.61. The molecule has 1 saturated carbocycles. The van der Waals surface area contributed by atoms with Gasteiger partial charge in [-0.3, -0.25) is 10.1 Å². The van der Waals surface area contributed by atoms with Gasteiger partial charge in [0.1, 0.15) is 0 Å². The smallest absolute Gasteiger partial charge is 0.270 e. The number of non-ortho nitro benzene ring substituents is 1. The Kier molecular flexibility index (Phi) is 3.57. The second-order valence-corrected chi connectivity index (χ2v) is 7.22. The van der Waals surface area contributed by atoms with Crippen LogP contribution >= 0.6 is 0 Å². The van der Waals surface area contributed by atoms with E-state index >= 15 is 0 Å². The number of nitrogens with one attached hydrogen (secondary N) is 1. The summed E-state index contributed by atoms with van der Waals surface area (Å²) in [4.78, 5) is 9.88. The predicted octanol–water partition coefficient (Wildman–Crippen LogP) is 1.03. The molecule has 1 aliphatic carbocycles. The zero-order chi connectivity index (χ0) is 15.1. The summed E-state index contributed by atoms with van der Waals surface area (Å²) in [5, 5.41) is 20.3. The largest absolute Gasteiger partial charge is 0.392 e. The average molecular weight is 300 g/mol. The Bertz CT molecular complexity index is 641. The molecule has 0 spiro atoms. The fourth-order valence-electron chi connectivity index (χ4n) is 2.12. The summed E-state index contributed by atoms with van der Waals surface area (Å²) in [6, 6.07) is 4.49. The summed E-state index contributed by atoms with van der Waals surface area (Å²) < 4.78 is 26.9. The summed E-state index contributed by atoms with van der Waals surface area (Å²) in [7, 11) is -3.84. The van der Waals surface area contributed by atoms with E-state index in [0.717, 1.165) is 6.07 Å². The molecule has 0 amide bonds. The van der Waals surface area contributed by atoms with Gasteiger partial charge in [-0.15, -0.1) is 0 Å². The van der Waals surface area contributed by atoms with Gasteiger partial charge in [-0.05, 0) is 12.5 Å². The van der Waals surface area contributed by atoms with Crippen LogP contribution < -0.4 is 4.72 Å². The Balaban J connectivity index is 2.24. The maximum atomic E-state index is 12.2. The molecule has 0 aliphatic heterocycles. The van der Waals surface area contributed by atoms with Crippen molar-refractivity contribution in [2.45, 2.75) is 37.3 Å². The quantitative estimate of drug-likeness (QED) is 0.637. The number of nitrogens with zero attached hydrogens (tertiary/aromatic N) is 1. The fourth-order valence-corrected chi connectivity index (χ4v) is 3.57. The summed E-state index contributed by atoms with van der Waals surface area (Å²) >= 11 is 0. The van der Waals surface area contributed by atoms with Crippen LogP contribution in [0.15, 0.2) is 29.2 Å². The molecule has 110 valence electrons. The SMILES string of the molecule is CC1(C)C(O)CC1NS(=O)(=O)c1cccc([N+](=O)[O-])c1. The molecule has 2 N–H and O–H groups in total. The molecular weight excluding hydrogens is 284 g/mol. The van der Waals surface area contributed by atoms with Crippen molar-refractivity contribution in [1.29, 1.82) is 0 Å². The van der Waals surface area contributed by atoms with Crippen molar-refractivity contribution in [3.63, 3.8) is 0 Å². The van der Waals surface area contributed by atoms with E-state index in [9.17, 15) is 23.6 Å². The molecule has 1 aromatic rings. The van der Waals surface area contributed by atoms with Gasteiger partial charge >= 0.3 is 0 Å². The van der Waals surface area contributed by atoms with Gasteiger partial charge in [0.15, 0.2) is 0 Å². The van der Waals surface area contributed by atoms with Crippen molar-refractivity contribution in [1.82, 2.24) is 4.72 Å². The second-order valence-electron chi connectivity index (χ2n) is 5.50. The van der Waals surface area contributed by atoms with E-state index in [1.807, 2.05) is 0 Å². The van der Waals surface area contributed by atoms with E-state index in [0.29, 0.717) is 6.42 Å². The zero-order valence-electron chi connectivity index (χ0n) is 11.1. The van der Waals surface area contributed by atoms with Gasteiger partial charge in [-0.2, -0.15) is 0 Å². The molecule has 0 bridgehead atoms. The third kappa shape index (κ3) is 2.54. The molecular formula is C12H16N2O5S. The van der Waals surface area contributed by atoms with Crippen LogP contribution in [-0.4, -0.2) is 30.6 Å². The number of nitro groups is 1. The highest BCUT2D eigenvalue weighted by Crippen LogP contribution is 2.41. The zero-order valence-corrected chi connectivity index (χ0v) is 11.9. The molecule has 0 saturated heterocycles. The highest BCUT2D eigenvalue weighted by molar-refractivity contribution is 7.89. The first-order chi connectivity index (χ1) is 9.14. The van der Waals surface area contributed by atoms with Gasteiger partial charge in [0, 0.05) is 23.6 Å². The number of aliphatic hydroxyl groups is 1. The number of aliphatic hydroxyl groups excluding tert-OH is 1. The van der Waals surface area contributed by atoms with Crippen LogP contribution in [0.1, 0.15) is 20.3 Å². The normalized spacial score (nSPS) is 24.9. The Morgan fingerprint density at radius 1 is 1.45 bits per heavy atom. The highest BCUT2D eigenvalue weighted by Gasteiger charge is 2.48. The van der Waals surface area contributed by atoms with Crippen molar-refractivity contribution < 1.29 is 18.4 Å². The number of hydrogen-bond donors (Lipinski definition) is 2. The maximum absolute atomic E-state index is 12.2. The van der Waals surface area contributed by atoms with Crippen molar-refractivity contribution in [3.8, 4) is 0 Å². The fraction of sp³-hybridized carbons (Fsp3) is 0.500. The second kappa shape index (κ2) is 4.80. The third-order valence-electron chi connectivity index (χ3n) is 3.85. The standard InChI is InChI=1S/C12H16N2O5S/c1-12(2)10(7-11(12)15)13-20(18,19)9-5-3-4-8(6-9)14(16)17/h3-6,10-11,13,15H,7H2,1-2H3. The predicted molar refractivity (Wildman–Crippen MR) is 71.6 cm³/mol. The highest BCUT2D eigenvalue weighted by atomic mass is 32.2. The van der Waals surface area contributed by atoms with Crippen LogP contribution in [0, 0.1) is 15.5 Å². The third-order valence-corrected chi connectivity index (χ3v) is 5.32. The summed E-state index contributed by atoms with van der Waals surface area (Å²) in [6.45, 7) is 3.53. The Hall–Kier alpha value is -1.51. The molecule has 8 heteroatoms. The van der Waals surface area contributed by atoms with E-state index in [4.69, 9.17) is 0 Å². The van der Waals surface area contributed by atoms with Crippen LogP contribution in [0.3, 0.4) is 0 Å². The van der Waals surface area contributed by atoms with Gasteiger partial charge in [0.05, 0.1) is 15.9 Å². The lowest BCUT2D eigenvalue weighted by Gasteiger charge is -2.49. The van der Waals surface area contributed by atoms with Crippen molar-refractivity contribution >= 4 is 15.7 Å². The maximum Gasteiger partial charge on any atom is 0.270 e. The average Bonchev–Trinajstić information content (AvgIpc) is 2.38. The van der Waals surface area contributed by atoms with E-state index < -0.39 is 26.5 Å². The van der Waals surface area contributed by atoms with E-state index in [-0.39, 0.29) is 16.6 Å². The summed E-state index contributed by atoms with van der Waals surface area (Å²) in [5.74, 6) is 0. The Morgan fingerprint density at radius 2 is 2.10 bits per heavy atom. The Labute approximate surface area is 116 Å². The van der Waals surface area contributed by atoms with Gasteiger partial charge in [0.2, 0.25) is 10.0 Å². The first-order valence-electron chi connectivity index (χ1n) is 6.09. The van der Waals surface area contributed by atoms with Crippen LogP contribution in [-0.2, 0) is 10.0 Å². The summed E-state index contributed by atoms with van der Waals surface area (Å²) in [5.41, 5.74) is -0.825. The Morgan fingerprint density at radius 3 is 2.60 bits per heavy atom. The van der Waals surface area contributed by atoms with Gasteiger partial charge in [-0.1, -0.05) is 19.9 Å².